The molecule has 0 radical (unpaired) electrons. The molecule has 0 bridgehead atoms. The van der Waals surface area contributed by atoms with E-state index < -0.39 is 0 Å². The van der Waals surface area contributed by atoms with Gasteiger partial charge in [0.15, 0.2) is 0 Å². The van der Waals surface area contributed by atoms with Crippen molar-refractivity contribution in [1.29, 1.82) is 5.26 Å². The molecule has 0 saturated heterocycles. The van der Waals surface area contributed by atoms with Gasteiger partial charge in [-0.05, 0) is 60.6 Å². The van der Waals surface area contributed by atoms with Crippen LogP contribution in [0.1, 0.15) is 54.9 Å². The molecule has 0 N–H and O–H groups in total. The molecule has 0 amide bonds. The molecule has 1 atom stereocenters. The van der Waals surface area contributed by atoms with Crippen LogP contribution in [0.2, 0.25) is 0 Å². The molecule has 3 rings (SSSR count). The highest BCUT2D eigenvalue weighted by Gasteiger charge is 2.15. The fourth-order valence-electron chi connectivity index (χ4n) is 3.25. The highest BCUT2D eigenvalue weighted by Crippen LogP contribution is 2.31. The lowest BCUT2D eigenvalue weighted by Crippen LogP contribution is -2.03. The number of hydrogen-bond acceptors (Lipinski definition) is 1. The monoisotopic (exact) mass is 325 g/mol. The molecule has 1 nitrogen and oxygen atoms in total. The highest BCUT2D eigenvalue weighted by atomic mass is 14.3. The zero-order valence-electron chi connectivity index (χ0n) is 14.8. The molecule has 0 aliphatic heterocycles. The van der Waals surface area contributed by atoms with E-state index in [0.29, 0.717) is 0 Å². The first-order chi connectivity index (χ1) is 12.3. The van der Waals surface area contributed by atoms with Crippen LogP contribution in [0.4, 0.5) is 0 Å². The third-order valence-electron chi connectivity index (χ3n) is 4.70. The Morgan fingerprint density at radius 2 is 1.84 bits per heavy atom. The Morgan fingerprint density at radius 3 is 2.52 bits per heavy atom. The molecule has 0 heterocycles. The van der Waals surface area contributed by atoms with Gasteiger partial charge >= 0.3 is 0 Å². The second kappa shape index (κ2) is 8.36. The number of nitriles is 1. The fourth-order valence-corrected chi connectivity index (χ4v) is 3.25. The maximum atomic E-state index is 9.06. The zero-order chi connectivity index (χ0) is 17.5. The van der Waals surface area contributed by atoms with Gasteiger partial charge in [-0.1, -0.05) is 61.6 Å². The Labute approximate surface area is 151 Å². The SMILES string of the molecule is CCCc1ccc(C#Cc2ccccc2C2=CCC(C#N)CC2)cc1. The minimum atomic E-state index is 0.170. The van der Waals surface area contributed by atoms with Gasteiger partial charge in [-0.2, -0.15) is 5.26 Å². The lowest BCUT2D eigenvalue weighted by atomic mass is 9.86. The van der Waals surface area contributed by atoms with Gasteiger partial charge in [0.1, 0.15) is 0 Å². The van der Waals surface area contributed by atoms with Crippen LogP contribution >= 0.6 is 0 Å². The molecule has 1 unspecified atom stereocenters. The fraction of sp³-hybridized carbons (Fsp3) is 0.292. The summed E-state index contributed by atoms with van der Waals surface area (Å²) in [6.07, 6.45) is 7.27. The van der Waals surface area contributed by atoms with Gasteiger partial charge in [0.05, 0.1) is 12.0 Å². The van der Waals surface area contributed by atoms with Crippen LogP contribution in [-0.4, -0.2) is 0 Å². The van der Waals surface area contributed by atoms with Crippen LogP contribution < -0.4 is 0 Å². The Kier molecular flexibility index (Phi) is 5.71. The van der Waals surface area contributed by atoms with Crippen LogP contribution in [0, 0.1) is 29.1 Å². The third kappa shape index (κ3) is 4.40. The minimum Gasteiger partial charge on any atom is -0.198 e. The van der Waals surface area contributed by atoms with E-state index in [-0.39, 0.29) is 5.92 Å². The molecule has 25 heavy (non-hydrogen) atoms. The number of rotatable bonds is 3. The molecular formula is C24H23N. The van der Waals surface area contributed by atoms with Crippen molar-refractivity contribution in [2.45, 2.75) is 39.0 Å². The van der Waals surface area contributed by atoms with Gasteiger partial charge in [-0.25, -0.2) is 0 Å². The van der Waals surface area contributed by atoms with Gasteiger partial charge in [0.25, 0.3) is 0 Å². The standard InChI is InChI=1S/C24H23N/c1-2-5-19-8-10-20(11-9-19)12-15-22-6-3-4-7-24(22)23-16-13-21(18-25)14-17-23/h3-4,6-11,16,21H,2,5,13-14,17H2,1H3. The van der Waals surface area contributed by atoms with E-state index in [9.17, 15) is 0 Å². The van der Waals surface area contributed by atoms with Crippen molar-refractivity contribution in [1.82, 2.24) is 0 Å². The third-order valence-corrected chi connectivity index (χ3v) is 4.70. The van der Waals surface area contributed by atoms with Crippen LogP contribution in [0.15, 0.2) is 54.6 Å². The van der Waals surface area contributed by atoms with Gasteiger partial charge < -0.3 is 0 Å². The summed E-state index contributed by atoms with van der Waals surface area (Å²) >= 11 is 0. The second-order valence-electron chi connectivity index (χ2n) is 6.57. The number of aryl methyl sites for hydroxylation is 1. The van der Waals surface area contributed by atoms with Crippen LogP contribution in [0.5, 0.6) is 0 Å². The smallest absolute Gasteiger partial charge is 0.0659 e. The van der Waals surface area contributed by atoms with Gasteiger partial charge in [0.2, 0.25) is 0 Å². The molecule has 1 heteroatoms. The Bertz CT molecular complexity index is 853. The first kappa shape index (κ1) is 17.1. The van der Waals surface area contributed by atoms with Gasteiger partial charge in [-0.3, -0.25) is 0 Å². The number of benzene rings is 2. The average Bonchev–Trinajstić information content (AvgIpc) is 2.68. The molecule has 0 spiro atoms. The summed E-state index contributed by atoms with van der Waals surface area (Å²) in [7, 11) is 0. The molecule has 124 valence electrons. The van der Waals surface area contributed by atoms with Crippen molar-refractivity contribution >= 4 is 5.57 Å². The van der Waals surface area contributed by atoms with Gasteiger partial charge in [-0.15, -0.1) is 0 Å². The predicted octanol–water partition coefficient (Wildman–Crippen LogP) is 5.75. The van der Waals surface area contributed by atoms with E-state index in [1.807, 2.05) is 6.07 Å². The van der Waals surface area contributed by atoms with E-state index in [0.717, 1.165) is 36.8 Å². The van der Waals surface area contributed by atoms with Crippen molar-refractivity contribution < 1.29 is 0 Å². The summed E-state index contributed by atoms with van der Waals surface area (Å²) in [6, 6.07) is 19.3. The second-order valence-corrected chi connectivity index (χ2v) is 6.57. The summed E-state index contributed by atoms with van der Waals surface area (Å²) in [5, 5.41) is 9.06. The summed E-state index contributed by atoms with van der Waals surface area (Å²) < 4.78 is 0. The Balaban J connectivity index is 1.83. The van der Waals surface area contributed by atoms with Crippen molar-refractivity contribution in [3.63, 3.8) is 0 Å². The average molecular weight is 325 g/mol. The van der Waals surface area contributed by atoms with Crippen molar-refractivity contribution in [3.8, 4) is 17.9 Å². The lowest BCUT2D eigenvalue weighted by molar-refractivity contribution is 0.604. The van der Waals surface area contributed by atoms with E-state index in [1.54, 1.807) is 0 Å². The topological polar surface area (TPSA) is 23.8 Å². The van der Waals surface area contributed by atoms with Crippen LogP contribution in [0.25, 0.3) is 5.57 Å². The first-order valence-electron chi connectivity index (χ1n) is 9.09. The zero-order valence-corrected chi connectivity index (χ0v) is 14.8. The summed E-state index contributed by atoms with van der Waals surface area (Å²) in [5.74, 6) is 6.82. The molecule has 1 aliphatic rings. The molecule has 2 aromatic carbocycles. The molecule has 0 saturated carbocycles. The molecule has 2 aromatic rings. The Hall–Kier alpha value is -2.77. The number of hydrogen-bond donors (Lipinski definition) is 0. The van der Waals surface area contributed by atoms with Crippen molar-refractivity contribution in [3.05, 3.63) is 76.9 Å². The lowest BCUT2D eigenvalue weighted by Gasteiger charge is -2.17. The molecular weight excluding hydrogens is 302 g/mol. The number of nitrogens with zero attached hydrogens (tertiary/aromatic N) is 1. The molecule has 1 aliphatic carbocycles. The van der Waals surface area contributed by atoms with Crippen LogP contribution in [0.3, 0.4) is 0 Å². The van der Waals surface area contributed by atoms with E-state index in [1.165, 1.54) is 23.1 Å². The van der Waals surface area contributed by atoms with Crippen LogP contribution in [-0.2, 0) is 6.42 Å². The highest BCUT2D eigenvalue weighted by molar-refractivity contribution is 5.72. The molecule has 0 fully saturated rings. The normalized spacial score (nSPS) is 16.3. The summed E-state index contributed by atoms with van der Waals surface area (Å²) in [6.45, 7) is 2.20. The summed E-state index contributed by atoms with van der Waals surface area (Å²) in [5.41, 5.74) is 6.04. The van der Waals surface area contributed by atoms with Crippen molar-refractivity contribution in [2.75, 3.05) is 0 Å². The largest absolute Gasteiger partial charge is 0.198 e. The minimum absolute atomic E-state index is 0.170. The number of allylic oxidation sites excluding steroid dienone is 2. The molecule has 0 aromatic heterocycles. The van der Waals surface area contributed by atoms with Crippen molar-refractivity contribution in [2.24, 2.45) is 5.92 Å². The quantitative estimate of drug-likeness (QED) is 0.660. The summed E-state index contributed by atoms with van der Waals surface area (Å²) in [4.78, 5) is 0. The van der Waals surface area contributed by atoms with E-state index in [2.05, 4.69) is 73.4 Å². The predicted molar refractivity (Wildman–Crippen MR) is 104 cm³/mol. The van der Waals surface area contributed by atoms with E-state index in [4.69, 9.17) is 5.26 Å². The Morgan fingerprint density at radius 1 is 1.04 bits per heavy atom. The maximum Gasteiger partial charge on any atom is 0.0659 e. The van der Waals surface area contributed by atoms with E-state index >= 15 is 0 Å². The maximum absolute atomic E-state index is 9.06. The van der Waals surface area contributed by atoms with Gasteiger partial charge in [0, 0.05) is 11.1 Å². The first-order valence-corrected chi connectivity index (χ1v) is 9.09.